The van der Waals surface area contributed by atoms with Crippen molar-refractivity contribution in [2.24, 2.45) is 5.92 Å². The molecule has 1 heterocycles. The predicted octanol–water partition coefficient (Wildman–Crippen LogP) is 4.56. The van der Waals surface area contributed by atoms with E-state index in [-0.39, 0.29) is 11.3 Å². The summed E-state index contributed by atoms with van der Waals surface area (Å²) in [6.45, 7) is 11.7. The van der Waals surface area contributed by atoms with E-state index in [9.17, 15) is 8.42 Å². The minimum atomic E-state index is -3.20. The highest BCUT2D eigenvalue weighted by Crippen LogP contribution is 2.33. The Kier molecular flexibility index (Phi) is 5.00. The van der Waals surface area contributed by atoms with E-state index in [4.69, 9.17) is 0 Å². The van der Waals surface area contributed by atoms with Crippen molar-refractivity contribution in [3.63, 3.8) is 0 Å². The number of nitrogens with one attached hydrogen (secondary N) is 1. The number of rotatable bonds is 7. The van der Waals surface area contributed by atoms with Crippen molar-refractivity contribution in [3.8, 4) is 0 Å². The van der Waals surface area contributed by atoms with Crippen molar-refractivity contribution in [3.05, 3.63) is 35.5 Å². The Morgan fingerprint density at radius 1 is 1.16 bits per heavy atom. The minimum Gasteiger partial charge on any atom is -0.347 e. The average molecular weight is 363 g/mol. The third-order valence-corrected chi connectivity index (χ3v) is 6.97. The van der Waals surface area contributed by atoms with E-state index in [0.29, 0.717) is 11.8 Å². The van der Waals surface area contributed by atoms with Gasteiger partial charge in [-0.25, -0.2) is 13.1 Å². The van der Waals surface area contributed by atoms with Gasteiger partial charge in [0.05, 0.1) is 5.25 Å². The SMILES string of the molecule is CC(C)Cn1cc([C@@H](C)NS(=O)(=O)C2CC2)c2ccc(C(C)C)cc21. The molecule has 1 atom stereocenters. The van der Waals surface area contributed by atoms with Crippen LogP contribution < -0.4 is 4.72 Å². The lowest BCUT2D eigenvalue weighted by atomic mass is 10.00. The second-order valence-electron chi connectivity index (χ2n) is 8.15. The van der Waals surface area contributed by atoms with Gasteiger partial charge in [0, 0.05) is 29.7 Å². The summed E-state index contributed by atoms with van der Waals surface area (Å²) in [4.78, 5) is 0. The summed E-state index contributed by atoms with van der Waals surface area (Å²) < 4.78 is 29.8. The van der Waals surface area contributed by atoms with Crippen LogP contribution >= 0.6 is 0 Å². The van der Waals surface area contributed by atoms with Gasteiger partial charge in [-0.1, -0.05) is 39.8 Å². The molecule has 5 heteroatoms. The Labute approximate surface area is 151 Å². The molecule has 1 aliphatic rings. The molecule has 4 nitrogen and oxygen atoms in total. The van der Waals surface area contributed by atoms with Gasteiger partial charge in [-0.05, 0) is 48.8 Å². The molecule has 0 spiro atoms. The normalized spacial score (nSPS) is 16.9. The maximum Gasteiger partial charge on any atom is 0.215 e. The zero-order chi connectivity index (χ0) is 18.4. The van der Waals surface area contributed by atoms with E-state index in [1.807, 2.05) is 6.92 Å². The summed E-state index contributed by atoms with van der Waals surface area (Å²) in [6, 6.07) is 6.36. The van der Waals surface area contributed by atoms with Crippen molar-refractivity contribution in [1.82, 2.24) is 9.29 Å². The van der Waals surface area contributed by atoms with E-state index in [2.05, 4.69) is 61.4 Å². The fourth-order valence-corrected chi connectivity index (χ4v) is 4.94. The smallest absolute Gasteiger partial charge is 0.215 e. The number of aromatic nitrogens is 1. The summed E-state index contributed by atoms with van der Waals surface area (Å²) in [6.07, 6.45) is 3.71. The first-order chi connectivity index (χ1) is 11.7. The molecule has 1 saturated carbocycles. The fourth-order valence-electron chi connectivity index (χ4n) is 3.37. The largest absolute Gasteiger partial charge is 0.347 e. The van der Waals surface area contributed by atoms with Crippen molar-refractivity contribution < 1.29 is 8.42 Å². The van der Waals surface area contributed by atoms with Crippen LogP contribution in [-0.4, -0.2) is 18.2 Å². The van der Waals surface area contributed by atoms with Crippen molar-refractivity contribution in [2.75, 3.05) is 0 Å². The van der Waals surface area contributed by atoms with E-state index in [1.54, 1.807) is 0 Å². The first kappa shape index (κ1) is 18.5. The number of hydrogen-bond acceptors (Lipinski definition) is 2. The first-order valence-corrected chi connectivity index (χ1v) is 10.9. The summed E-state index contributed by atoms with van der Waals surface area (Å²) in [5.41, 5.74) is 3.58. The van der Waals surface area contributed by atoms with Crippen LogP contribution in [0.5, 0.6) is 0 Å². The molecule has 1 aromatic heterocycles. The lowest BCUT2D eigenvalue weighted by Crippen LogP contribution is -2.29. The molecule has 0 aliphatic heterocycles. The number of fused-ring (bicyclic) bond motifs is 1. The molecule has 1 aromatic carbocycles. The zero-order valence-electron chi connectivity index (χ0n) is 15.9. The van der Waals surface area contributed by atoms with E-state index in [1.165, 1.54) is 11.1 Å². The lowest BCUT2D eigenvalue weighted by molar-refractivity contribution is 0.532. The molecule has 0 unspecified atom stereocenters. The van der Waals surface area contributed by atoms with E-state index < -0.39 is 10.0 Å². The average Bonchev–Trinajstić information content (AvgIpc) is 3.31. The highest BCUT2D eigenvalue weighted by atomic mass is 32.2. The second kappa shape index (κ2) is 6.76. The van der Waals surface area contributed by atoms with Crippen LogP contribution in [-0.2, 0) is 16.6 Å². The molecule has 1 fully saturated rings. The van der Waals surface area contributed by atoms with Crippen LogP contribution in [0, 0.1) is 5.92 Å². The molecule has 3 rings (SSSR count). The topological polar surface area (TPSA) is 51.1 Å². The number of sulfonamides is 1. The maximum absolute atomic E-state index is 12.3. The first-order valence-electron chi connectivity index (χ1n) is 9.33. The molecule has 1 N–H and O–H groups in total. The molecule has 25 heavy (non-hydrogen) atoms. The fraction of sp³-hybridized carbons (Fsp3) is 0.600. The lowest BCUT2D eigenvalue weighted by Gasteiger charge is -2.13. The van der Waals surface area contributed by atoms with Crippen molar-refractivity contribution in [2.45, 2.75) is 71.2 Å². The third kappa shape index (κ3) is 3.93. The van der Waals surface area contributed by atoms with Crippen LogP contribution in [0.1, 0.15) is 70.5 Å². The number of hydrogen-bond donors (Lipinski definition) is 1. The van der Waals surface area contributed by atoms with Gasteiger partial charge in [0.15, 0.2) is 0 Å². The van der Waals surface area contributed by atoms with Crippen molar-refractivity contribution in [1.29, 1.82) is 0 Å². The minimum absolute atomic E-state index is 0.188. The molecule has 138 valence electrons. The van der Waals surface area contributed by atoms with Gasteiger partial charge in [0.25, 0.3) is 0 Å². The Bertz CT molecular complexity index is 861. The standard InChI is InChI=1S/C20H30N2O2S/c1-13(2)11-22-12-19(15(5)21-25(23,24)17-7-8-17)18-9-6-16(14(3)4)10-20(18)22/h6,9-10,12-15,17,21H,7-8,11H2,1-5H3/t15-/m1/s1. The maximum atomic E-state index is 12.3. The molecule has 0 saturated heterocycles. The molecule has 1 aliphatic carbocycles. The Morgan fingerprint density at radius 3 is 2.40 bits per heavy atom. The van der Waals surface area contributed by atoms with Crippen molar-refractivity contribution >= 4 is 20.9 Å². The van der Waals surface area contributed by atoms with Crippen LogP contribution in [0.25, 0.3) is 10.9 Å². The molecule has 2 aromatic rings. The monoisotopic (exact) mass is 362 g/mol. The number of benzene rings is 1. The van der Waals surface area contributed by atoms with Crippen LogP contribution in [0.4, 0.5) is 0 Å². The third-order valence-electron chi connectivity index (χ3n) is 4.94. The number of nitrogens with zero attached hydrogens (tertiary/aromatic N) is 1. The van der Waals surface area contributed by atoms with Crippen LogP contribution in [0.2, 0.25) is 0 Å². The molecule has 0 bridgehead atoms. The Hall–Kier alpha value is -1.33. The summed E-state index contributed by atoms with van der Waals surface area (Å²) in [7, 11) is -3.20. The van der Waals surface area contributed by atoms with Gasteiger partial charge in [0.1, 0.15) is 0 Å². The van der Waals surface area contributed by atoms with Crippen LogP contribution in [0.3, 0.4) is 0 Å². The predicted molar refractivity (Wildman–Crippen MR) is 104 cm³/mol. The quantitative estimate of drug-likeness (QED) is 0.785. The molecular formula is C20H30N2O2S. The summed E-state index contributed by atoms with van der Waals surface area (Å²) in [5.74, 6) is 1.01. The highest BCUT2D eigenvalue weighted by molar-refractivity contribution is 7.90. The Balaban J connectivity index is 2.02. The molecule has 0 amide bonds. The van der Waals surface area contributed by atoms with Gasteiger partial charge in [-0.15, -0.1) is 0 Å². The molecule has 0 radical (unpaired) electrons. The van der Waals surface area contributed by atoms with Gasteiger partial charge < -0.3 is 4.57 Å². The molecular weight excluding hydrogens is 332 g/mol. The Morgan fingerprint density at radius 2 is 1.84 bits per heavy atom. The van der Waals surface area contributed by atoms with Gasteiger partial charge >= 0.3 is 0 Å². The van der Waals surface area contributed by atoms with E-state index in [0.717, 1.165) is 30.3 Å². The summed E-state index contributed by atoms with van der Waals surface area (Å²) in [5, 5.41) is 0.961. The van der Waals surface area contributed by atoms with Gasteiger partial charge in [0.2, 0.25) is 10.0 Å². The van der Waals surface area contributed by atoms with Crippen LogP contribution in [0.15, 0.2) is 24.4 Å². The van der Waals surface area contributed by atoms with Gasteiger partial charge in [-0.3, -0.25) is 0 Å². The van der Waals surface area contributed by atoms with E-state index >= 15 is 0 Å². The zero-order valence-corrected chi connectivity index (χ0v) is 16.7. The highest BCUT2D eigenvalue weighted by Gasteiger charge is 2.36. The second-order valence-corrected chi connectivity index (χ2v) is 10.1. The summed E-state index contributed by atoms with van der Waals surface area (Å²) >= 11 is 0. The van der Waals surface area contributed by atoms with Gasteiger partial charge in [-0.2, -0.15) is 0 Å².